The van der Waals surface area contributed by atoms with Crippen molar-refractivity contribution in [1.29, 1.82) is 0 Å². The van der Waals surface area contributed by atoms with Crippen LogP contribution in [0.15, 0.2) is 71.6 Å². The number of hydrogen-bond donors (Lipinski definition) is 2. The van der Waals surface area contributed by atoms with Gasteiger partial charge in [0, 0.05) is 35.0 Å². The van der Waals surface area contributed by atoms with E-state index < -0.39 is 0 Å². The van der Waals surface area contributed by atoms with Crippen molar-refractivity contribution in [2.75, 3.05) is 17.7 Å². The van der Waals surface area contributed by atoms with Crippen molar-refractivity contribution in [1.82, 2.24) is 9.55 Å². The molecule has 0 atom stereocenters. The highest BCUT2D eigenvalue weighted by atomic mass is 79.9. The maximum atomic E-state index is 12.7. The number of hydrogen-bond acceptors (Lipinski definition) is 3. The lowest BCUT2D eigenvalue weighted by molar-refractivity contribution is 0.262. The summed E-state index contributed by atoms with van der Waals surface area (Å²) in [5, 5.41) is 6.81. The number of fused-ring (bicyclic) bond motifs is 1. The molecule has 0 radical (unpaired) electrons. The molecule has 2 aromatic heterocycles. The van der Waals surface area contributed by atoms with Crippen LogP contribution in [0.25, 0.3) is 10.9 Å². The SMILES string of the molecule is COc1ccc(Br)cc1NC(=O)Nc1ccc(C)c2c1ccn2Cc1ccncc1. The smallest absolute Gasteiger partial charge is 0.323 e. The Morgan fingerprint density at radius 2 is 1.83 bits per heavy atom. The van der Waals surface area contributed by atoms with E-state index in [9.17, 15) is 4.79 Å². The first-order valence-corrected chi connectivity index (χ1v) is 10.2. The molecule has 2 heterocycles. The van der Waals surface area contributed by atoms with Crippen LogP contribution in [0, 0.1) is 6.92 Å². The monoisotopic (exact) mass is 464 g/mol. The van der Waals surface area contributed by atoms with E-state index in [1.54, 1.807) is 31.6 Å². The molecule has 0 saturated carbocycles. The number of nitrogens with zero attached hydrogens (tertiary/aromatic N) is 2. The van der Waals surface area contributed by atoms with Crippen LogP contribution in [0.4, 0.5) is 16.2 Å². The van der Waals surface area contributed by atoms with E-state index >= 15 is 0 Å². The molecule has 4 rings (SSSR count). The zero-order valence-electron chi connectivity index (χ0n) is 16.6. The van der Waals surface area contributed by atoms with Crippen molar-refractivity contribution in [2.24, 2.45) is 0 Å². The molecule has 0 spiro atoms. The topological polar surface area (TPSA) is 68.2 Å². The zero-order chi connectivity index (χ0) is 21.1. The van der Waals surface area contributed by atoms with Crippen LogP contribution in [-0.4, -0.2) is 22.7 Å². The van der Waals surface area contributed by atoms with Gasteiger partial charge in [0.25, 0.3) is 0 Å². The number of benzene rings is 2. The first kappa shape index (κ1) is 20.0. The molecule has 7 heteroatoms. The van der Waals surface area contributed by atoms with Gasteiger partial charge in [0.15, 0.2) is 0 Å². The normalized spacial score (nSPS) is 10.8. The fourth-order valence-corrected chi connectivity index (χ4v) is 3.85. The lowest BCUT2D eigenvalue weighted by atomic mass is 10.1. The zero-order valence-corrected chi connectivity index (χ0v) is 18.2. The molecule has 2 aromatic carbocycles. The summed E-state index contributed by atoms with van der Waals surface area (Å²) in [5.74, 6) is 0.589. The summed E-state index contributed by atoms with van der Waals surface area (Å²) in [6, 6.07) is 15.1. The van der Waals surface area contributed by atoms with Crippen molar-refractivity contribution in [3.63, 3.8) is 0 Å². The van der Waals surface area contributed by atoms with Gasteiger partial charge in [-0.15, -0.1) is 0 Å². The summed E-state index contributed by atoms with van der Waals surface area (Å²) in [7, 11) is 1.57. The number of halogens is 1. The van der Waals surface area contributed by atoms with Gasteiger partial charge in [-0.2, -0.15) is 0 Å². The summed E-state index contributed by atoms with van der Waals surface area (Å²) in [5.41, 5.74) is 4.73. The van der Waals surface area contributed by atoms with Crippen LogP contribution >= 0.6 is 15.9 Å². The highest BCUT2D eigenvalue weighted by Gasteiger charge is 2.13. The Balaban J connectivity index is 1.60. The van der Waals surface area contributed by atoms with Crippen molar-refractivity contribution >= 4 is 44.2 Å². The van der Waals surface area contributed by atoms with Gasteiger partial charge in [-0.1, -0.05) is 22.0 Å². The number of aryl methyl sites for hydroxylation is 1. The predicted molar refractivity (Wildman–Crippen MR) is 123 cm³/mol. The summed E-state index contributed by atoms with van der Waals surface area (Å²) in [6.07, 6.45) is 5.63. The van der Waals surface area contributed by atoms with Gasteiger partial charge in [0.05, 0.1) is 24.0 Å². The molecule has 0 fully saturated rings. The molecule has 30 heavy (non-hydrogen) atoms. The second-order valence-corrected chi connectivity index (χ2v) is 7.83. The highest BCUT2D eigenvalue weighted by Crippen LogP contribution is 2.30. The number of carbonyl (C=O) groups excluding carboxylic acids is 1. The lowest BCUT2D eigenvalue weighted by Gasteiger charge is -2.13. The van der Waals surface area contributed by atoms with Gasteiger partial charge in [-0.25, -0.2) is 4.79 Å². The average molecular weight is 465 g/mol. The highest BCUT2D eigenvalue weighted by molar-refractivity contribution is 9.10. The first-order chi connectivity index (χ1) is 14.5. The molecule has 0 bridgehead atoms. The molecule has 2 amide bonds. The van der Waals surface area contributed by atoms with Gasteiger partial charge >= 0.3 is 6.03 Å². The number of ether oxygens (including phenoxy) is 1. The minimum Gasteiger partial charge on any atom is -0.495 e. The number of urea groups is 1. The van der Waals surface area contributed by atoms with Crippen molar-refractivity contribution < 1.29 is 9.53 Å². The fourth-order valence-electron chi connectivity index (χ4n) is 3.49. The number of nitrogens with one attached hydrogen (secondary N) is 2. The molecule has 0 saturated heterocycles. The Labute approximate surface area is 183 Å². The number of carbonyl (C=O) groups is 1. The van der Waals surface area contributed by atoms with Crippen LogP contribution in [0.5, 0.6) is 5.75 Å². The molecular weight excluding hydrogens is 444 g/mol. The van der Waals surface area contributed by atoms with Crippen LogP contribution in [0.2, 0.25) is 0 Å². The standard InChI is InChI=1S/C23H21BrN4O2/c1-15-3-5-19(26-23(29)27-20-13-17(24)4-6-21(20)30-2)18-9-12-28(22(15)18)14-16-7-10-25-11-8-16/h3-13H,14H2,1-2H3,(H2,26,27,29). The Morgan fingerprint density at radius 3 is 2.60 bits per heavy atom. The van der Waals surface area contributed by atoms with Crippen molar-refractivity contribution in [3.05, 3.63) is 82.7 Å². The third-order valence-corrected chi connectivity index (χ3v) is 5.38. The predicted octanol–water partition coefficient (Wildman–Crippen LogP) is 5.81. The van der Waals surface area contributed by atoms with Gasteiger partial charge in [0.1, 0.15) is 5.75 Å². The third-order valence-electron chi connectivity index (χ3n) is 4.89. The van der Waals surface area contributed by atoms with E-state index in [-0.39, 0.29) is 6.03 Å². The maximum Gasteiger partial charge on any atom is 0.323 e. The van der Waals surface area contributed by atoms with Crippen molar-refractivity contribution in [2.45, 2.75) is 13.5 Å². The Morgan fingerprint density at radius 1 is 1.07 bits per heavy atom. The van der Waals surface area contributed by atoms with Gasteiger partial charge in [0.2, 0.25) is 0 Å². The molecule has 4 aromatic rings. The van der Waals surface area contributed by atoms with Crippen LogP contribution in [0.1, 0.15) is 11.1 Å². The van der Waals surface area contributed by atoms with Crippen LogP contribution in [-0.2, 0) is 6.54 Å². The van der Waals surface area contributed by atoms with Gasteiger partial charge < -0.3 is 19.9 Å². The molecule has 6 nitrogen and oxygen atoms in total. The summed E-state index contributed by atoms with van der Waals surface area (Å²) in [6.45, 7) is 2.80. The Kier molecular flexibility index (Phi) is 5.72. The molecule has 152 valence electrons. The maximum absolute atomic E-state index is 12.7. The largest absolute Gasteiger partial charge is 0.495 e. The Hall–Kier alpha value is -3.32. The summed E-state index contributed by atoms with van der Waals surface area (Å²) >= 11 is 3.42. The van der Waals surface area contributed by atoms with E-state index in [4.69, 9.17) is 4.74 Å². The molecule has 0 unspecified atom stereocenters. The van der Waals surface area contributed by atoms with E-state index in [0.29, 0.717) is 11.4 Å². The number of rotatable bonds is 5. The fraction of sp³-hybridized carbons (Fsp3) is 0.130. The van der Waals surface area contributed by atoms with Gasteiger partial charge in [-0.3, -0.25) is 4.98 Å². The molecule has 0 aliphatic carbocycles. The number of aromatic nitrogens is 2. The number of pyridine rings is 1. The van der Waals surface area contributed by atoms with E-state index in [2.05, 4.69) is 43.0 Å². The van der Waals surface area contributed by atoms with Crippen molar-refractivity contribution in [3.8, 4) is 5.75 Å². The minimum absolute atomic E-state index is 0.335. The molecule has 2 N–H and O–H groups in total. The average Bonchev–Trinajstić information content (AvgIpc) is 3.16. The quantitative estimate of drug-likeness (QED) is 0.391. The van der Waals surface area contributed by atoms with Crippen LogP contribution in [0.3, 0.4) is 0 Å². The molecular formula is C23H21BrN4O2. The van der Waals surface area contributed by atoms with Crippen LogP contribution < -0.4 is 15.4 Å². The van der Waals surface area contributed by atoms with E-state index in [1.807, 2.05) is 42.6 Å². The summed E-state index contributed by atoms with van der Waals surface area (Å²) in [4.78, 5) is 16.8. The lowest BCUT2D eigenvalue weighted by Crippen LogP contribution is -2.20. The Bertz CT molecular complexity index is 1200. The minimum atomic E-state index is -0.335. The third kappa shape index (κ3) is 4.16. The second-order valence-electron chi connectivity index (χ2n) is 6.92. The van der Waals surface area contributed by atoms with E-state index in [0.717, 1.165) is 33.2 Å². The van der Waals surface area contributed by atoms with Gasteiger partial charge in [-0.05, 0) is 60.5 Å². The number of methoxy groups -OCH3 is 1. The first-order valence-electron chi connectivity index (χ1n) is 9.44. The van der Waals surface area contributed by atoms with E-state index in [1.165, 1.54) is 5.56 Å². The molecule has 0 aliphatic rings. The number of amides is 2. The summed E-state index contributed by atoms with van der Waals surface area (Å²) < 4.78 is 8.36. The second kappa shape index (κ2) is 8.59. The number of anilines is 2. The molecule has 0 aliphatic heterocycles.